The lowest BCUT2D eigenvalue weighted by Gasteiger charge is -2.36. The van der Waals surface area contributed by atoms with Gasteiger partial charge in [0.15, 0.2) is 6.10 Å². The van der Waals surface area contributed by atoms with Crippen LogP contribution in [0.3, 0.4) is 0 Å². The molecular weight excluding hydrogens is 383 g/mol. The first-order chi connectivity index (χ1) is 14.3. The molecule has 1 aliphatic rings. The summed E-state index contributed by atoms with van der Waals surface area (Å²) >= 11 is 0. The van der Waals surface area contributed by atoms with Gasteiger partial charge in [-0.1, -0.05) is 38.1 Å². The van der Waals surface area contributed by atoms with Crippen LogP contribution in [0.4, 0.5) is 4.39 Å². The van der Waals surface area contributed by atoms with Gasteiger partial charge in [0.25, 0.3) is 5.91 Å². The van der Waals surface area contributed by atoms with Crippen molar-refractivity contribution < 1.29 is 18.7 Å². The third kappa shape index (κ3) is 5.59. The van der Waals surface area contributed by atoms with Crippen molar-refractivity contribution in [3.8, 4) is 5.75 Å². The number of ether oxygens (including phenoxy) is 1. The molecular formula is C24H29FN2O3. The molecule has 5 nitrogen and oxygen atoms in total. The van der Waals surface area contributed by atoms with Gasteiger partial charge in [-0.05, 0) is 48.2 Å². The van der Waals surface area contributed by atoms with E-state index in [4.69, 9.17) is 4.74 Å². The Bertz CT molecular complexity index is 857. The Morgan fingerprint density at radius 1 is 0.900 bits per heavy atom. The summed E-state index contributed by atoms with van der Waals surface area (Å²) in [7, 11) is 0. The van der Waals surface area contributed by atoms with E-state index in [1.807, 2.05) is 24.3 Å². The third-order valence-corrected chi connectivity index (χ3v) is 5.42. The number of halogens is 1. The molecule has 160 valence electrons. The van der Waals surface area contributed by atoms with Crippen molar-refractivity contribution in [2.45, 2.75) is 39.2 Å². The number of carbonyl (C=O) groups is 2. The van der Waals surface area contributed by atoms with Crippen LogP contribution in [0.25, 0.3) is 0 Å². The Hall–Kier alpha value is -2.89. The number of rotatable bonds is 6. The predicted octanol–water partition coefficient (Wildman–Crippen LogP) is 3.63. The van der Waals surface area contributed by atoms with Crippen molar-refractivity contribution in [2.75, 3.05) is 26.2 Å². The molecule has 0 radical (unpaired) electrons. The molecule has 0 spiro atoms. The highest BCUT2D eigenvalue weighted by Gasteiger charge is 2.27. The van der Waals surface area contributed by atoms with Crippen LogP contribution >= 0.6 is 0 Å². The lowest BCUT2D eigenvalue weighted by molar-refractivity contribution is -0.143. The number of amides is 2. The summed E-state index contributed by atoms with van der Waals surface area (Å²) in [5.41, 5.74) is 2.01. The van der Waals surface area contributed by atoms with E-state index in [9.17, 15) is 14.0 Å². The Labute approximate surface area is 177 Å². The molecule has 30 heavy (non-hydrogen) atoms. The SMILES string of the molecule is CC(Oc1ccc(C(C)C)cc1)C(=O)N1CCN(C(=O)Cc2ccc(F)cc2)CC1. The van der Waals surface area contributed by atoms with Gasteiger partial charge in [0.05, 0.1) is 6.42 Å². The van der Waals surface area contributed by atoms with E-state index in [0.29, 0.717) is 37.8 Å². The summed E-state index contributed by atoms with van der Waals surface area (Å²) in [5, 5.41) is 0. The molecule has 1 unspecified atom stereocenters. The topological polar surface area (TPSA) is 49.9 Å². The highest BCUT2D eigenvalue weighted by molar-refractivity contribution is 5.82. The summed E-state index contributed by atoms with van der Waals surface area (Å²) in [4.78, 5) is 28.7. The average molecular weight is 413 g/mol. The zero-order valence-corrected chi connectivity index (χ0v) is 17.8. The first-order valence-electron chi connectivity index (χ1n) is 10.4. The van der Waals surface area contributed by atoms with Crippen LogP contribution < -0.4 is 4.74 Å². The summed E-state index contributed by atoms with van der Waals surface area (Å²) in [6, 6.07) is 13.8. The van der Waals surface area contributed by atoms with E-state index >= 15 is 0 Å². The maximum atomic E-state index is 13.0. The minimum atomic E-state index is -0.587. The molecule has 0 aliphatic carbocycles. The van der Waals surface area contributed by atoms with Gasteiger partial charge < -0.3 is 14.5 Å². The first-order valence-corrected chi connectivity index (χ1v) is 10.4. The second-order valence-corrected chi connectivity index (χ2v) is 7.99. The maximum absolute atomic E-state index is 13.0. The number of piperazine rings is 1. The lowest BCUT2D eigenvalue weighted by atomic mass is 10.0. The molecule has 1 saturated heterocycles. The summed E-state index contributed by atoms with van der Waals surface area (Å²) in [6.07, 6.45) is -0.350. The molecule has 1 aliphatic heterocycles. The van der Waals surface area contributed by atoms with E-state index < -0.39 is 6.10 Å². The fourth-order valence-electron chi connectivity index (χ4n) is 3.51. The second-order valence-electron chi connectivity index (χ2n) is 7.99. The molecule has 0 saturated carbocycles. The van der Waals surface area contributed by atoms with Crippen LogP contribution in [0.5, 0.6) is 5.75 Å². The van der Waals surface area contributed by atoms with Crippen LogP contribution in [0, 0.1) is 5.82 Å². The first kappa shape index (κ1) is 21.8. The Morgan fingerprint density at radius 2 is 1.47 bits per heavy atom. The van der Waals surface area contributed by atoms with Crippen molar-refractivity contribution in [3.63, 3.8) is 0 Å². The summed E-state index contributed by atoms with van der Waals surface area (Å²) < 4.78 is 18.8. The summed E-state index contributed by atoms with van der Waals surface area (Å²) in [5.74, 6) is 0.718. The minimum Gasteiger partial charge on any atom is -0.481 e. The van der Waals surface area contributed by atoms with Gasteiger partial charge in [0.1, 0.15) is 11.6 Å². The monoisotopic (exact) mass is 412 g/mol. The Morgan fingerprint density at radius 3 is 2.03 bits per heavy atom. The zero-order valence-electron chi connectivity index (χ0n) is 17.8. The van der Waals surface area contributed by atoms with Crippen LogP contribution in [0.15, 0.2) is 48.5 Å². The quantitative estimate of drug-likeness (QED) is 0.728. The molecule has 0 N–H and O–H groups in total. The average Bonchev–Trinajstić information content (AvgIpc) is 2.75. The second kappa shape index (κ2) is 9.74. The number of benzene rings is 2. The van der Waals surface area contributed by atoms with Gasteiger partial charge in [0.2, 0.25) is 5.91 Å². The molecule has 0 aromatic heterocycles. The van der Waals surface area contributed by atoms with E-state index in [0.717, 1.165) is 5.56 Å². The number of carbonyl (C=O) groups excluding carboxylic acids is 2. The molecule has 2 aromatic rings. The number of nitrogens with zero attached hydrogens (tertiary/aromatic N) is 2. The lowest BCUT2D eigenvalue weighted by Crippen LogP contribution is -2.53. The molecule has 0 bridgehead atoms. The predicted molar refractivity (Wildman–Crippen MR) is 114 cm³/mol. The third-order valence-electron chi connectivity index (χ3n) is 5.42. The maximum Gasteiger partial charge on any atom is 0.263 e. The van der Waals surface area contributed by atoms with Gasteiger partial charge in [0, 0.05) is 26.2 Å². The number of hydrogen-bond donors (Lipinski definition) is 0. The van der Waals surface area contributed by atoms with Gasteiger partial charge in [-0.25, -0.2) is 4.39 Å². The molecule has 1 fully saturated rings. The van der Waals surface area contributed by atoms with E-state index in [-0.39, 0.29) is 24.1 Å². The van der Waals surface area contributed by atoms with Gasteiger partial charge >= 0.3 is 0 Å². The fraction of sp³-hybridized carbons (Fsp3) is 0.417. The Balaban J connectivity index is 1.48. The summed E-state index contributed by atoms with van der Waals surface area (Å²) in [6.45, 7) is 7.95. The van der Waals surface area contributed by atoms with E-state index in [1.54, 1.807) is 28.9 Å². The van der Waals surface area contributed by atoms with E-state index in [1.165, 1.54) is 17.7 Å². The van der Waals surface area contributed by atoms with Crippen molar-refractivity contribution in [1.82, 2.24) is 9.80 Å². The number of hydrogen-bond acceptors (Lipinski definition) is 3. The van der Waals surface area contributed by atoms with Crippen LogP contribution in [0.2, 0.25) is 0 Å². The van der Waals surface area contributed by atoms with Gasteiger partial charge in [-0.15, -0.1) is 0 Å². The molecule has 6 heteroatoms. The normalized spacial score (nSPS) is 15.2. The van der Waals surface area contributed by atoms with Crippen LogP contribution in [-0.4, -0.2) is 53.9 Å². The van der Waals surface area contributed by atoms with Crippen LogP contribution in [-0.2, 0) is 16.0 Å². The van der Waals surface area contributed by atoms with Crippen molar-refractivity contribution in [1.29, 1.82) is 0 Å². The minimum absolute atomic E-state index is 0.0109. The molecule has 2 amide bonds. The largest absolute Gasteiger partial charge is 0.481 e. The van der Waals surface area contributed by atoms with Crippen molar-refractivity contribution in [2.24, 2.45) is 0 Å². The van der Waals surface area contributed by atoms with Crippen molar-refractivity contribution >= 4 is 11.8 Å². The highest BCUT2D eigenvalue weighted by Crippen LogP contribution is 2.20. The molecule has 2 aromatic carbocycles. The van der Waals surface area contributed by atoms with Gasteiger partial charge in [-0.3, -0.25) is 9.59 Å². The van der Waals surface area contributed by atoms with Crippen molar-refractivity contribution in [3.05, 3.63) is 65.5 Å². The molecule has 1 heterocycles. The fourth-order valence-corrected chi connectivity index (χ4v) is 3.51. The Kier molecular flexibility index (Phi) is 7.08. The smallest absolute Gasteiger partial charge is 0.263 e. The van der Waals surface area contributed by atoms with Gasteiger partial charge in [-0.2, -0.15) is 0 Å². The van der Waals surface area contributed by atoms with Crippen LogP contribution in [0.1, 0.15) is 37.8 Å². The highest BCUT2D eigenvalue weighted by atomic mass is 19.1. The molecule has 3 rings (SSSR count). The van der Waals surface area contributed by atoms with E-state index in [2.05, 4.69) is 13.8 Å². The molecule has 1 atom stereocenters. The zero-order chi connectivity index (χ0) is 21.7. The standard InChI is InChI=1S/C24H29FN2O3/c1-17(2)20-6-10-22(11-7-20)30-18(3)24(29)27-14-12-26(13-15-27)23(28)16-19-4-8-21(25)9-5-19/h4-11,17-18H,12-16H2,1-3H3.